The van der Waals surface area contributed by atoms with Crippen molar-refractivity contribution < 1.29 is 57.5 Å². The second-order valence-corrected chi connectivity index (χ2v) is 32.3. The Morgan fingerprint density at radius 1 is 0.442 bits per heavy atom. The Labute approximate surface area is 597 Å². The molecular weight excluding hydrogens is 1420 g/mol. The standard InChI is InChI=1S/C13H18N2O4S2.C13H20N2O2S2.C12H18N2O2S2.C11H15N3O4S2.C11H16N2O2S2/c1-4-14-13(16)19-8-10(3)20-21-11-5-6-12(15(17)18)9(2)7-11;1-4-11(9-17-13(16)14-5-2)18-19-12-7-6-10(3)8-15-12;1-4-13-12(15)16-8-10(3)17-18-11-6-5-9(2)7-14-11;1-3-12-11(15)18-7-8(2)19-20-10-9(14(16)17)5-4-6-13-10;1-3-12-11(14)15-8-9(2)16-17-10-6-4-5-7-13-10/h5-7,10H,4,8H2,1-3H3,(H,14,16);6-8,11H,4-5,9H2,1-3H3,(H,14,16);5-7,10H,4,8H2,1-3H3,(H,13,15);4-6,8H,3,7H2,1-2H3,(H,12,15);4-7,9H,3,8H2,1-2H3,(H,12,14). The molecule has 0 saturated heterocycles. The first-order valence-electron chi connectivity index (χ1n) is 29.8. The molecule has 5 N–H and O–H groups in total. The van der Waals surface area contributed by atoms with Crippen molar-refractivity contribution in [1.82, 2.24) is 46.5 Å². The van der Waals surface area contributed by atoms with E-state index in [1.165, 1.54) is 56.8 Å². The molecule has 0 aliphatic carbocycles. The van der Waals surface area contributed by atoms with Crippen molar-refractivity contribution in [3.8, 4) is 0 Å². The first kappa shape index (κ1) is 87.5. The molecule has 0 spiro atoms. The van der Waals surface area contributed by atoms with Crippen LogP contribution in [-0.2, 0) is 23.7 Å². The predicted octanol–water partition coefficient (Wildman–Crippen LogP) is 16.5. The summed E-state index contributed by atoms with van der Waals surface area (Å²) in [6.07, 6.45) is 5.97. The Balaban J connectivity index is 0.000000595. The molecule has 95 heavy (non-hydrogen) atoms. The van der Waals surface area contributed by atoms with E-state index in [2.05, 4.69) is 53.4 Å². The lowest BCUT2D eigenvalue weighted by molar-refractivity contribution is -0.388. The van der Waals surface area contributed by atoms with Crippen LogP contribution in [0, 0.1) is 41.0 Å². The minimum Gasteiger partial charge on any atom is -0.448 e. The highest BCUT2D eigenvalue weighted by Gasteiger charge is 2.19. The second kappa shape index (κ2) is 54.5. The fourth-order valence-corrected chi connectivity index (χ4v) is 15.9. The van der Waals surface area contributed by atoms with Crippen molar-refractivity contribution in [3.63, 3.8) is 0 Å². The normalized spacial score (nSPS) is 11.8. The predicted molar refractivity (Wildman–Crippen MR) is 395 cm³/mol. The van der Waals surface area contributed by atoms with E-state index in [0.717, 1.165) is 37.5 Å². The first-order chi connectivity index (χ1) is 45.5. The number of carbonyl (C=O) groups is 5. The van der Waals surface area contributed by atoms with Gasteiger partial charge in [0.2, 0.25) is 0 Å². The number of alkyl carbamates (subject to hydrolysis) is 5. The van der Waals surface area contributed by atoms with Gasteiger partial charge in [-0.2, -0.15) is 0 Å². The molecule has 5 amide bonds. The maximum atomic E-state index is 11.2. The largest absolute Gasteiger partial charge is 0.448 e. The number of aryl methyl sites for hydroxylation is 3. The summed E-state index contributed by atoms with van der Waals surface area (Å²) in [5.41, 5.74) is 3.04. The molecule has 1 aromatic carbocycles. The number of carbonyl (C=O) groups excluding carboxylic acids is 5. The molecule has 25 nitrogen and oxygen atoms in total. The van der Waals surface area contributed by atoms with Gasteiger partial charge in [0.15, 0.2) is 5.03 Å². The third-order valence-electron chi connectivity index (χ3n) is 10.4. The highest BCUT2D eigenvalue weighted by Crippen LogP contribution is 2.39. The highest BCUT2D eigenvalue weighted by atomic mass is 33.1. The Morgan fingerprint density at radius 2 is 0.832 bits per heavy atom. The van der Waals surface area contributed by atoms with Crippen LogP contribution in [0.4, 0.5) is 35.3 Å². The quantitative estimate of drug-likeness (QED) is 0.0113. The Hall–Kier alpha value is -5.53. The Bertz CT molecular complexity index is 2990. The van der Waals surface area contributed by atoms with E-state index in [1.54, 1.807) is 108 Å². The van der Waals surface area contributed by atoms with Crippen LogP contribution in [0.3, 0.4) is 0 Å². The van der Waals surface area contributed by atoms with Gasteiger partial charge in [-0.05, 0) is 186 Å². The van der Waals surface area contributed by atoms with E-state index in [4.69, 9.17) is 23.7 Å². The van der Waals surface area contributed by atoms with E-state index in [9.17, 15) is 44.2 Å². The van der Waals surface area contributed by atoms with Crippen molar-refractivity contribution >= 4 is 150 Å². The van der Waals surface area contributed by atoms with Crippen LogP contribution in [-0.4, -0.2) is 152 Å². The molecule has 5 unspecified atom stereocenters. The number of nitrogens with one attached hydrogen (secondary N) is 5. The van der Waals surface area contributed by atoms with Crippen molar-refractivity contribution in [2.75, 3.05) is 65.8 Å². The van der Waals surface area contributed by atoms with Gasteiger partial charge in [-0.25, -0.2) is 43.9 Å². The molecule has 0 aliphatic heterocycles. The molecule has 0 saturated carbocycles. The van der Waals surface area contributed by atoms with Crippen molar-refractivity contribution in [2.24, 2.45) is 0 Å². The van der Waals surface area contributed by atoms with Gasteiger partial charge in [0.05, 0.1) is 9.85 Å². The van der Waals surface area contributed by atoms with Gasteiger partial charge < -0.3 is 50.3 Å². The number of amides is 5. The van der Waals surface area contributed by atoms with Gasteiger partial charge in [-0.15, -0.1) is 0 Å². The Morgan fingerprint density at radius 3 is 1.20 bits per heavy atom. The molecule has 4 heterocycles. The van der Waals surface area contributed by atoms with Crippen LogP contribution >= 0.6 is 108 Å². The van der Waals surface area contributed by atoms with Gasteiger partial charge in [0.1, 0.15) is 48.1 Å². The number of nitro groups is 2. The average Bonchev–Trinajstić information content (AvgIpc) is 1.63. The van der Waals surface area contributed by atoms with Crippen LogP contribution in [0.2, 0.25) is 0 Å². The topological polar surface area (TPSA) is 329 Å². The van der Waals surface area contributed by atoms with Gasteiger partial charge in [-0.1, -0.05) is 89.9 Å². The van der Waals surface area contributed by atoms with Crippen molar-refractivity contribution in [2.45, 2.75) is 148 Å². The summed E-state index contributed by atoms with van der Waals surface area (Å²) >= 11 is 0. The van der Waals surface area contributed by atoms with Crippen LogP contribution < -0.4 is 26.6 Å². The van der Waals surface area contributed by atoms with E-state index in [-0.39, 0.29) is 67.4 Å². The smallest absolute Gasteiger partial charge is 0.407 e. The maximum Gasteiger partial charge on any atom is 0.407 e. The Kier molecular flexibility index (Phi) is 50.2. The number of pyridine rings is 4. The lowest BCUT2D eigenvalue weighted by Gasteiger charge is -2.13. The molecule has 4 aromatic heterocycles. The molecule has 0 bridgehead atoms. The summed E-state index contributed by atoms with van der Waals surface area (Å²) in [5, 5.41) is 38.5. The number of hydrogen-bond acceptors (Lipinski definition) is 28. The average molecular weight is 1510 g/mol. The molecule has 526 valence electrons. The molecule has 5 atom stereocenters. The van der Waals surface area contributed by atoms with Crippen LogP contribution in [0.15, 0.2) is 123 Å². The molecular formula is C60H87N11O14S10. The second-order valence-electron chi connectivity index (χ2n) is 19.1. The third-order valence-corrected chi connectivity index (χ3v) is 24.5. The molecule has 0 fully saturated rings. The number of ether oxygens (including phenoxy) is 5. The number of benzene rings is 1. The molecule has 35 heteroatoms. The zero-order chi connectivity index (χ0) is 70.8. The maximum absolute atomic E-state index is 11.2. The fraction of sp³-hybridized carbons (Fsp3) is 0.483. The number of nitro benzene ring substituents is 1. The monoisotopic (exact) mass is 1510 g/mol. The summed E-state index contributed by atoms with van der Waals surface area (Å²) in [7, 11) is 15.4. The minimum absolute atomic E-state index is 0.00998. The SMILES string of the molecule is CCNC(=O)OCC(C)SSc1ccc(C)cn1.CCNC(=O)OCC(C)SSc1ccc([N+](=O)[O-])c(C)c1.CCNC(=O)OCC(C)SSc1ccccn1.CCNC(=O)OCC(C)SSc1ncccc1[N+](=O)[O-].CCNC(=O)OCC(CC)SSc1ccc(C)cn1. The van der Waals surface area contributed by atoms with Crippen molar-refractivity contribution in [1.29, 1.82) is 0 Å². The van der Waals surface area contributed by atoms with E-state index in [1.807, 2.05) is 124 Å². The third kappa shape index (κ3) is 44.8. The van der Waals surface area contributed by atoms with E-state index >= 15 is 0 Å². The lowest BCUT2D eigenvalue weighted by Crippen LogP contribution is -2.26. The molecule has 5 rings (SSSR count). The summed E-state index contributed by atoms with van der Waals surface area (Å²) in [5.74, 6) is 0. The van der Waals surface area contributed by atoms with Gasteiger partial charge in [0, 0.05) is 106 Å². The minimum atomic E-state index is -0.467. The zero-order valence-electron chi connectivity index (χ0n) is 55.4. The van der Waals surface area contributed by atoms with Crippen molar-refractivity contribution in [3.05, 3.63) is 135 Å². The van der Waals surface area contributed by atoms with Crippen LogP contribution in [0.25, 0.3) is 0 Å². The molecule has 0 aliphatic rings. The van der Waals surface area contributed by atoms with Gasteiger partial charge in [-0.3, -0.25) is 20.2 Å². The summed E-state index contributed by atoms with van der Waals surface area (Å²) in [4.78, 5) is 94.1. The number of hydrogen-bond donors (Lipinski definition) is 5. The molecule has 0 radical (unpaired) electrons. The van der Waals surface area contributed by atoms with E-state index in [0.29, 0.717) is 69.7 Å². The number of rotatable bonds is 33. The van der Waals surface area contributed by atoms with Crippen LogP contribution in [0.5, 0.6) is 0 Å². The fourth-order valence-electron chi connectivity index (χ4n) is 5.76. The van der Waals surface area contributed by atoms with Crippen LogP contribution in [0.1, 0.15) is 92.3 Å². The van der Waals surface area contributed by atoms with E-state index < -0.39 is 17.1 Å². The number of nitrogens with zero attached hydrogens (tertiary/aromatic N) is 6. The summed E-state index contributed by atoms with van der Waals surface area (Å²) < 4.78 is 25.2. The first-order valence-corrected chi connectivity index (χ1v) is 40.8. The summed E-state index contributed by atoms with van der Waals surface area (Å²) in [6, 6.07) is 21.8. The number of aromatic nitrogens is 4. The van der Waals surface area contributed by atoms with Gasteiger partial charge >= 0.3 is 36.2 Å². The lowest BCUT2D eigenvalue weighted by atomic mass is 10.2. The summed E-state index contributed by atoms with van der Waals surface area (Å²) in [6.45, 7) is 29.5. The van der Waals surface area contributed by atoms with Gasteiger partial charge in [0.25, 0.3) is 5.69 Å². The zero-order valence-corrected chi connectivity index (χ0v) is 63.5. The molecule has 5 aromatic rings. The highest BCUT2D eigenvalue weighted by molar-refractivity contribution is 8.78.